The number of aryl methyl sites for hydroxylation is 1. The molecule has 196 valence electrons. The van der Waals surface area contributed by atoms with Gasteiger partial charge in [-0.3, -0.25) is 19.2 Å². The predicted octanol–water partition coefficient (Wildman–Crippen LogP) is 2.41. The van der Waals surface area contributed by atoms with Crippen LogP contribution in [0.1, 0.15) is 63.4 Å². The van der Waals surface area contributed by atoms with Gasteiger partial charge in [0.2, 0.25) is 11.8 Å². The fourth-order valence-electron chi connectivity index (χ4n) is 4.38. The molecule has 1 aliphatic heterocycles. The van der Waals surface area contributed by atoms with Crippen molar-refractivity contribution in [2.24, 2.45) is 0 Å². The zero-order valence-corrected chi connectivity index (χ0v) is 21.4. The summed E-state index contributed by atoms with van der Waals surface area (Å²) in [5.41, 5.74) is 1.17. The van der Waals surface area contributed by atoms with E-state index in [4.69, 9.17) is 21.7 Å². The first-order chi connectivity index (χ1) is 17.4. The van der Waals surface area contributed by atoms with Crippen molar-refractivity contribution >= 4 is 41.1 Å². The molecule has 0 radical (unpaired) electrons. The lowest BCUT2D eigenvalue weighted by molar-refractivity contribution is -0.153. The minimum atomic E-state index is -0.850. The van der Waals surface area contributed by atoms with Gasteiger partial charge in [-0.25, -0.2) is 0 Å². The van der Waals surface area contributed by atoms with Gasteiger partial charge in [0, 0.05) is 19.5 Å². The van der Waals surface area contributed by atoms with Gasteiger partial charge in [0.15, 0.2) is 5.11 Å². The molecule has 36 heavy (non-hydrogen) atoms. The molecule has 0 bridgehead atoms. The lowest BCUT2D eigenvalue weighted by Crippen LogP contribution is -2.60. The van der Waals surface area contributed by atoms with Crippen LogP contribution in [0.3, 0.4) is 0 Å². The van der Waals surface area contributed by atoms with E-state index in [0.29, 0.717) is 19.5 Å². The molecule has 1 saturated heterocycles. The number of hydrogen-bond acceptors (Lipinski definition) is 7. The molecule has 1 aromatic carbocycles. The van der Waals surface area contributed by atoms with Crippen molar-refractivity contribution < 1.29 is 28.7 Å². The molecule has 1 heterocycles. The van der Waals surface area contributed by atoms with Gasteiger partial charge in [0.25, 0.3) is 0 Å². The molecule has 1 saturated carbocycles. The molecule has 9 nitrogen and oxygen atoms in total. The van der Waals surface area contributed by atoms with E-state index in [0.717, 1.165) is 38.5 Å². The summed E-state index contributed by atoms with van der Waals surface area (Å²) in [6.07, 6.45) is 6.00. The van der Waals surface area contributed by atoms with Crippen molar-refractivity contribution in [3.05, 3.63) is 35.9 Å². The third kappa shape index (κ3) is 9.22. The van der Waals surface area contributed by atoms with Crippen LogP contribution in [-0.2, 0) is 35.1 Å². The Morgan fingerprint density at radius 2 is 1.81 bits per heavy atom. The van der Waals surface area contributed by atoms with Crippen LogP contribution in [0.4, 0.5) is 0 Å². The van der Waals surface area contributed by atoms with Crippen LogP contribution in [-0.4, -0.2) is 65.6 Å². The van der Waals surface area contributed by atoms with E-state index in [1.165, 1.54) is 10.5 Å². The number of carbonyl (C=O) groups is 4. The maximum absolute atomic E-state index is 12.5. The summed E-state index contributed by atoms with van der Waals surface area (Å²) in [5, 5.41) is 5.37. The molecule has 10 heteroatoms. The van der Waals surface area contributed by atoms with Gasteiger partial charge < -0.3 is 25.0 Å². The lowest BCUT2D eigenvalue weighted by atomic mass is 9.98. The van der Waals surface area contributed by atoms with Crippen LogP contribution in [0.15, 0.2) is 30.3 Å². The fourth-order valence-corrected chi connectivity index (χ4v) is 4.72. The van der Waals surface area contributed by atoms with Crippen LogP contribution in [0.5, 0.6) is 0 Å². The van der Waals surface area contributed by atoms with E-state index in [2.05, 4.69) is 10.6 Å². The molecule has 2 aliphatic rings. The highest BCUT2D eigenvalue weighted by molar-refractivity contribution is 7.80. The second kappa shape index (κ2) is 14.5. The normalized spacial score (nSPS) is 18.2. The fraction of sp³-hybridized carbons (Fsp3) is 0.577. The van der Waals surface area contributed by atoms with Gasteiger partial charge in [-0.15, -0.1) is 0 Å². The zero-order valence-electron chi connectivity index (χ0n) is 20.5. The largest absolute Gasteiger partial charge is 0.466 e. The molecule has 1 atom stereocenters. The van der Waals surface area contributed by atoms with E-state index in [1.807, 2.05) is 30.3 Å². The highest BCUT2D eigenvalue weighted by Crippen LogP contribution is 2.21. The molecule has 0 aromatic heterocycles. The molecule has 2 fully saturated rings. The number of ether oxygens (including phenoxy) is 2. The Kier molecular flexibility index (Phi) is 11.1. The molecule has 3 rings (SSSR count). The Balaban J connectivity index is 1.38. The van der Waals surface area contributed by atoms with Crippen molar-refractivity contribution in [3.8, 4) is 0 Å². The Morgan fingerprint density at radius 3 is 2.56 bits per heavy atom. The molecule has 1 aromatic rings. The predicted molar refractivity (Wildman–Crippen MR) is 137 cm³/mol. The summed E-state index contributed by atoms with van der Waals surface area (Å²) >= 11 is 5.35. The minimum Gasteiger partial charge on any atom is -0.466 e. The highest BCUT2D eigenvalue weighted by Gasteiger charge is 2.34. The number of hydrogen-bond donors (Lipinski definition) is 2. The summed E-state index contributed by atoms with van der Waals surface area (Å²) in [6, 6.07) is 9.07. The van der Waals surface area contributed by atoms with Crippen LogP contribution >= 0.6 is 12.2 Å². The smallest absolute Gasteiger partial charge is 0.308 e. The zero-order chi connectivity index (χ0) is 25.8. The van der Waals surface area contributed by atoms with Gasteiger partial charge in [-0.05, 0) is 56.3 Å². The Morgan fingerprint density at radius 1 is 1.06 bits per heavy atom. The Bertz CT molecular complexity index is 920. The number of benzene rings is 1. The molecule has 2 amide bonds. The van der Waals surface area contributed by atoms with Crippen LogP contribution in [0.2, 0.25) is 0 Å². The van der Waals surface area contributed by atoms with E-state index < -0.39 is 23.9 Å². The van der Waals surface area contributed by atoms with Crippen molar-refractivity contribution in [2.45, 2.75) is 76.4 Å². The second-order valence-electron chi connectivity index (χ2n) is 9.12. The number of thiocarbonyl (C=S) groups is 1. The van der Waals surface area contributed by atoms with Crippen LogP contribution in [0, 0.1) is 0 Å². The number of carbonyl (C=O) groups excluding carboxylic acids is 4. The number of nitrogens with one attached hydrogen (secondary N) is 2. The second-order valence-corrected chi connectivity index (χ2v) is 9.50. The first-order valence-electron chi connectivity index (χ1n) is 12.7. The summed E-state index contributed by atoms with van der Waals surface area (Å²) < 4.78 is 10.8. The summed E-state index contributed by atoms with van der Waals surface area (Å²) in [4.78, 5) is 50.8. The highest BCUT2D eigenvalue weighted by atomic mass is 32.1. The number of rotatable bonds is 10. The van der Waals surface area contributed by atoms with Gasteiger partial charge in [0.05, 0.1) is 19.4 Å². The van der Waals surface area contributed by atoms with Gasteiger partial charge in [0.1, 0.15) is 12.1 Å². The summed E-state index contributed by atoms with van der Waals surface area (Å²) in [7, 11) is 0. The Hall–Kier alpha value is -3.01. The van der Waals surface area contributed by atoms with E-state index in [-0.39, 0.29) is 43.0 Å². The van der Waals surface area contributed by atoms with Crippen LogP contribution in [0.25, 0.3) is 0 Å². The maximum Gasteiger partial charge on any atom is 0.308 e. The molecule has 2 N–H and O–H groups in total. The van der Waals surface area contributed by atoms with Crippen molar-refractivity contribution in [1.29, 1.82) is 0 Å². The summed E-state index contributed by atoms with van der Waals surface area (Å²) in [6.45, 7) is 0.989. The van der Waals surface area contributed by atoms with E-state index >= 15 is 0 Å². The quantitative estimate of drug-likeness (QED) is 0.276. The van der Waals surface area contributed by atoms with Crippen molar-refractivity contribution in [3.63, 3.8) is 0 Å². The topological polar surface area (TPSA) is 114 Å². The molecular formula is C26H35N3O6S. The lowest BCUT2D eigenvalue weighted by Gasteiger charge is -2.36. The van der Waals surface area contributed by atoms with Gasteiger partial charge >= 0.3 is 11.9 Å². The van der Waals surface area contributed by atoms with Gasteiger partial charge in [-0.1, -0.05) is 36.8 Å². The van der Waals surface area contributed by atoms with E-state index in [9.17, 15) is 19.2 Å². The molecular weight excluding hydrogens is 482 g/mol. The first kappa shape index (κ1) is 27.6. The van der Waals surface area contributed by atoms with Crippen molar-refractivity contribution in [2.75, 3.05) is 19.7 Å². The monoisotopic (exact) mass is 517 g/mol. The third-order valence-electron chi connectivity index (χ3n) is 6.32. The minimum absolute atomic E-state index is 0.0570. The number of piperazine rings is 1. The van der Waals surface area contributed by atoms with Crippen molar-refractivity contribution in [1.82, 2.24) is 15.5 Å². The number of amides is 2. The number of nitrogens with zero attached hydrogens (tertiary/aromatic N) is 1. The van der Waals surface area contributed by atoms with Crippen LogP contribution < -0.4 is 10.6 Å². The molecule has 0 spiro atoms. The third-order valence-corrected chi connectivity index (χ3v) is 6.66. The Labute approximate surface area is 217 Å². The molecule has 1 unspecified atom stereocenters. The number of esters is 2. The first-order valence-corrected chi connectivity index (χ1v) is 13.1. The average Bonchev–Trinajstić information content (AvgIpc) is 2.87. The summed E-state index contributed by atoms with van der Waals surface area (Å²) in [5.74, 6) is -1.68. The average molecular weight is 518 g/mol. The van der Waals surface area contributed by atoms with Gasteiger partial charge in [-0.2, -0.15) is 0 Å². The molecule has 1 aliphatic carbocycles. The van der Waals surface area contributed by atoms with E-state index in [1.54, 1.807) is 0 Å². The SMILES string of the molecule is O=C(CCC(=O)OCCCc1ccccc1)NC(=S)N1CCNC(=O)C1CC(=O)OC1CCCCC1. The maximum atomic E-state index is 12.5. The standard InChI is InChI=1S/C26H35N3O6S/c30-22(13-14-23(31)34-17-7-10-19-8-3-1-4-9-19)28-26(36)29-16-15-27-25(33)21(29)18-24(32)35-20-11-5-2-6-12-20/h1,3-4,8-9,20-21H,2,5-7,10-18H2,(H,27,33)(H,28,30,36).